The van der Waals surface area contributed by atoms with Gasteiger partial charge in [0.25, 0.3) is 0 Å². The van der Waals surface area contributed by atoms with E-state index in [1.807, 2.05) is 31.2 Å². The summed E-state index contributed by atoms with van der Waals surface area (Å²) in [5.74, 6) is 0.850. The van der Waals surface area contributed by atoms with E-state index in [2.05, 4.69) is 34.9 Å². The number of anilines is 1. The van der Waals surface area contributed by atoms with Crippen LogP contribution in [0.2, 0.25) is 0 Å². The highest BCUT2D eigenvalue weighted by Crippen LogP contribution is 2.29. The quantitative estimate of drug-likeness (QED) is 0.813. The molecule has 0 unspecified atom stereocenters. The van der Waals surface area contributed by atoms with Crippen LogP contribution in [0.4, 0.5) is 5.69 Å². The first kappa shape index (κ1) is 15.8. The van der Waals surface area contributed by atoms with Gasteiger partial charge in [-0.3, -0.25) is 0 Å². The molecule has 0 aliphatic heterocycles. The molecule has 0 aromatic heterocycles. The standard InChI is InChI=1S/C19H22N2OS/c1-2-22-16-10-6-9-15(13-16)20-19(23)21-18-12-5-8-14-7-3-4-11-17(14)18/h3-4,6-7,9-11,13,18H,2,5,8,12H2,1H3,(H2,20,21,23)/t18-/m1/s1. The van der Waals surface area contributed by atoms with Crippen molar-refractivity contribution in [1.82, 2.24) is 5.32 Å². The Morgan fingerprint density at radius 3 is 2.96 bits per heavy atom. The van der Waals surface area contributed by atoms with Crippen molar-refractivity contribution in [2.24, 2.45) is 0 Å². The molecule has 0 radical (unpaired) electrons. The molecule has 0 saturated heterocycles. The topological polar surface area (TPSA) is 33.3 Å². The second-order valence-electron chi connectivity index (χ2n) is 5.70. The van der Waals surface area contributed by atoms with Crippen molar-refractivity contribution in [1.29, 1.82) is 0 Å². The third kappa shape index (κ3) is 4.02. The molecule has 1 atom stereocenters. The van der Waals surface area contributed by atoms with Gasteiger partial charge in [0.05, 0.1) is 12.6 Å². The van der Waals surface area contributed by atoms with E-state index in [1.165, 1.54) is 17.5 Å². The van der Waals surface area contributed by atoms with Gasteiger partial charge in [-0.15, -0.1) is 0 Å². The SMILES string of the molecule is CCOc1cccc(NC(=S)N[C@@H]2CCCc3ccccc32)c1. The number of aryl methyl sites for hydroxylation is 1. The highest BCUT2D eigenvalue weighted by Gasteiger charge is 2.20. The molecular weight excluding hydrogens is 304 g/mol. The summed E-state index contributed by atoms with van der Waals surface area (Å²) in [4.78, 5) is 0. The summed E-state index contributed by atoms with van der Waals surface area (Å²) in [6.45, 7) is 2.64. The zero-order chi connectivity index (χ0) is 16.1. The number of nitrogens with one attached hydrogen (secondary N) is 2. The van der Waals surface area contributed by atoms with E-state index in [-0.39, 0.29) is 6.04 Å². The molecule has 1 aliphatic rings. The molecule has 4 heteroatoms. The van der Waals surface area contributed by atoms with Crippen molar-refractivity contribution in [2.45, 2.75) is 32.2 Å². The number of hydrogen-bond donors (Lipinski definition) is 2. The van der Waals surface area contributed by atoms with Gasteiger partial charge in [-0.25, -0.2) is 0 Å². The Morgan fingerprint density at radius 1 is 1.22 bits per heavy atom. The fourth-order valence-electron chi connectivity index (χ4n) is 3.06. The molecule has 0 heterocycles. The van der Waals surface area contributed by atoms with Gasteiger partial charge in [0.15, 0.2) is 5.11 Å². The lowest BCUT2D eigenvalue weighted by Gasteiger charge is -2.27. The second kappa shape index (κ2) is 7.47. The number of fused-ring (bicyclic) bond motifs is 1. The Kier molecular flexibility index (Phi) is 5.13. The van der Waals surface area contributed by atoms with Crippen molar-refractivity contribution in [3.63, 3.8) is 0 Å². The van der Waals surface area contributed by atoms with E-state index in [9.17, 15) is 0 Å². The molecule has 2 aromatic carbocycles. The number of thiocarbonyl (C=S) groups is 1. The minimum atomic E-state index is 0.287. The van der Waals surface area contributed by atoms with Crippen LogP contribution < -0.4 is 15.4 Å². The van der Waals surface area contributed by atoms with Crippen LogP contribution in [-0.4, -0.2) is 11.7 Å². The lowest BCUT2D eigenvalue weighted by Crippen LogP contribution is -2.34. The normalized spacial score (nSPS) is 16.3. The van der Waals surface area contributed by atoms with Crippen molar-refractivity contribution in [3.8, 4) is 5.75 Å². The third-order valence-electron chi connectivity index (χ3n) is 4.08. The number of benzene rings is 2. The van der Waals surface area contributed by atoms with E-state index < -0.39 is 0 Å². The van der Waals surface area contributed by atoms with E-state index in [4.69, 9.17) is 17.0 Å². The molecule has 23 heavy (non-hydrogen) atoms. The number of rotatable bonds is 4. The van der Waals surface area contributed by atoms with Crippen LogP contribution in [0, 0.1) is 0 Å². The van der Waals surface area contributed by atoms with Crippen LogP contribution >= 0.6 is 12.2 Å². The minimum Gasteiger partial charge on any atom is -0.494 e. The summed E-state index contributed by atoms with van der Waals surface area (Å²) < 4.78 is 5.52. The van der Waals surface area contributed by atoms with Gasteiger partial charge in [0.1, 0.15) is 5.75 Å². The highest BCUT2D eigenvalue weighted by atomic mass is 32.1. The van der Waals surface area contributed by atoms with E-state index in [0.717, 1.165) is 24.3 Å². The number of hydrogen-bond acceptors (Lipinski definition) is 2. The van der Waals surface area contributed by atoms with E-state index in [1.54, 1.807) is 0 Å². The van der Waals surface area contributed by atoms with Gasteiger partial charge in [0.2, 0.25) is 0 Å². The van der Waals surface area contributed by atoms with Gasteiger partial charge in [-0.1, -0.05) is 30.3 Å². The van der Waals surface area contributed by atoms with Crippen molar-refractivity contribution in [3.05, 3.63) is 59.7 Å². The molecular formula is C19H22N2OS. The maximum Gasteiger partial charge on any atom is 0.171 e. The maximum atomic E-state index is 5.52. The largest absolute Gasteiger partial charge is 0.494 e. The zero-order valence-electron chi connectivity index (χ0n) is 13.3. The summed E-state index contributed by atoms with van der Waals surface area (Å²) in [5.41, 5.74) is 3.74. The maximum absolute atomic E-state index is 5.52. The van der Waals surface area contributed by atoms with Crippen LogP contribution in [0.25, 0.3) is 0 Å². The van der Waals surface area contributed by atoms with E-state index in [0.29, 0.717) is 11.7 Å². The second-order valence-corrected chi connectivity index (χ2v) is 6.11. The van der Waals surface area contributed by atoms with Crippen LogP contribution in [0.5, 0.6) is 5.75 Å². The van der Waals surface area contributed by atoms with Crippen molar-refractivity contribution >= 4 is 23.0 Å². The molecule has 0 saturated carbocycles. The molecule has 3 rings (SSSR count). The summed E-state index contributed by atoms with van der Waals surface area (Å²) >= 11 is 5.49. The average molecular weight is 326 g/mol. The van der Waals surface area contributed by atoms with Crippen LogP contribution in [0.3, 0.4) is 0 Å². The Bertz CT molecular complexity index is 687. The molecule has 2 aromatic rings. The first-order valence-electron chi connectivity index (χ1n) is 8.14. The van der Waals surface area contributed by atoms with E-state index >= 15 is 0 Å². The Hall–Kier alpha value is -2.07. The summed E-state index contributed by atoms with van der Waals surface area (Å²) in [6.07, 6.45) is 3.46. The minimum absolute atomic E-state index is 0.287. The summed E-state index contributed by atoms with van der Waals surface area (Å²) in [6, 6.07) is 16.8. The zero-order valence-corrected chi connectivity index (χ0v) is 14.2. The van der Waals surface area contributed by atoms with Crippen LogP contribution in [0.1, 0.15) is 36.9 Å². The molecule has 0 fully saturated rings. The van der Waals surface area contributed by atoms with Gasteiger partial charge in [-0.05, 0) is 61.7 Å². The van der Waals surface area contributed by atoms with Gasteiger partial charge in [0, 0.05) is 11.8 Å². The molecule has 120 valence electrons. The highest BCUT2D eigenvalue weighted by molar-refractivity contribution is 7.80. The molecule has 0 spiro atoms. The predicted molar refractivity (Wildman–Crippen MR) is 99.1 cm³/mol. The molecule has 0 bridgehead atoms. The Morgan fingerprint density at radius 2 is 2.09 bits per heavy atom. The predicted octanol–water partition coefficient (Wildman–Crippen LogP) is 4.45. The van der Waals surface area contributed by atoms with Gasteiger partial charge in [-0.2, -0.15) is 0 Å². The number of ether oxygens (including phenoxy) is 1. The fraction of sp³-hybridized carbons (Fsp3) is 0.316. The smallest absolute Gasteiger partial charge is 0.171 e. The van der Waals surface area contributed by atoms with Gasteiger partial charge >= 0.3 is 0 Å². The fourth-order valence-corrected chi connectivity index (χ4v) is 3.32. The average Bonchev–Trinajstić information content (AvgIpc) is 2.56. The molecule has 1 aliphatic carbocycles. The lowest BCUT2D eigenvalue weighted by molar-refractivity contribution is 0.340. The lowest BCUT2D eigenvalue weighted by atomic mass is 9.88. The first-order chi connectivity index (χ1) is 11.3. The summed E-state index contributed by atoms with van der Waals surface area (Å²) in [7, 11) is 0. The molecule has 3 nitrogen and oxygen atoms in total. The molecule has 2 N–H and O–H groups in total. The van der Waals surface area contributed by atoms with Crippen LogP contribution in [-0.2, 0) is 6.42 Å². The molecule has 0 amide bonds. The Labute approximate surface area is 143 Å². The van der Waals surface area contributed by atoms with Crippen LogP contribution in [0.15, 0.2) is 48.5 Å². The monoisotopic (exact) mass is 326 g/mol. The first-order valence-corrected chi connectivity index (χ1v) is 8.55. The Balaban J connectivity index is 1.65. The third-order valence-corrected chi connectivity index (χ3v) is 4.30. The van der Waals surface area contributed by atoms with Crippen molar-refractivity contribution < 1.29 is 4.74 Å². The summed E-state index contributed by atoms with van der Waals surface area (Å²) in [5, 5.41) is 7.37. The van der Waals surface area contributed by atoms with Crippen molar-refractivity contribution in [2.75, 3.05) is 11.9 Å². The van der Waals surface area contributed by atoms with Gasteiger partial charge < -0.3 is 15.4 Å².